The number of rotatable bonds is 4. The first-order valence-corrected chi connectivity index (χ1v) is 12.7. The lowest BCUT2D eigenvalue weighted by Gasteiger charge is -2.22. The zero-order valence-corrected chi connectivity index (χ0v) is 19.3. The Morgan fingerprint density at radius 1 is 1.12 bits per heavy atom. The van der Waals surface area contributed by atoms with Gasteiger partial charge in [-0.25, -0.2) is 13.2 Å². The third-order valence-electron chi connectivity index (χ3n) is 6.72. The van der Waals surface area contributed by atoms with E-state index in [0.29, 0.717) is 31.5 Å². The van der Waals surface area contributed by atoms with Gasteiger partial charge in [0.1, 0.15) is 5.76 Å². The van der Waals surface area contributed by atoms with Crippen LogP contribution in [0.15, 0.2) is 53.9 Å². The monoisotopic (exact) mass is 494 g/mol. The topological polar surface area (TPSA) is 86.7 Å². The van der Waals surface area contributed by atoms with E-state index in [0.717, 1.165) is 12.3 Å². The summed E-state index contributed by atoms with van der Waals surface area (Å²) in [4.78, 5) is 14.5. The molecule has 1 saturated carbocycles. The van der Waals surface area contributed by atoms with Crippen LogP contribution in [0.3, 0.4) is 0 Å². The van der Waals surface area contributed by atoms with Crippen molar-refractivity contribution >= 4 is 27.3 Å². The van der Waals surface area contributed by atoms with Gasteiger partial charge in [0.2, 0.25) is 0 Å². The number of nitrogens with zero attached hydrogens (tertiary/aromatic N) is 1. The molecular formula is C24H25F3N2O4S. The van der Waals surface area contributed by atoms with E-state index in [2.05, 4.69) is 11.9 Å². The molecule has 0 bridgehead atoms. The summed E-state index contributed by atoms with van der Waals surface area (Å²) in [7, 11) is -3.52. The fourth-order valence-corrected chi connectivity index (χ4v) is 5.77. The number of urea groups is 1. The Morgan fingerprint density at radius 3 is 2.29 bits per heavy atom. The standard InChI is InChI=1S/C24H25F3N2O4S/c1-14(30)20-11-18(34(2,32)33)7-8-22(20)28-23(31)29-12-16-9-15(10-17(16)13-29)19-5-3-4-6-21(19)24(25,26)27/h3-8,11,15-17,30H,1,9-10,12-13H2,2H3,(H,28,31)/t15?,16-,17+. The highest BCUT2D eigenvalue weighted by Crippen LogP contribution is 2.49. The number of hydrogen-bond donors (Lipinski definition) is 2. The highest BCUT2D eigenvalue weighted by molar-refractivity contribution is 7.90. The summed E-state index contributed by atoms with van der Waals surface area (Å²) < 4.78 is 63.9. The Morgan fingerprint density at radius 2 is 1.74 bits per heavy atom. The molecule has 182 valence electrons. The number of carbonyl (C=O) groups is 1. The number of sulfone groups is 1. The molecule has 1 unspecified atom stereocenters. The van der Waals surface area contributed by atoms with E-state index < -0.39 is 27.6 Å². The molecule has 1 aliphatic carbocycles. The molecular weight excluding hydrogens is 469 g/mol. The number of hydrogen-bond acceptors (Lipinski definition) is 4. The van der Waals surface area contributed by atoms with Crippen molar-refractivity contribution in [2.75, 3.05) is 24.7 Å². The third kappa shape index (κ3) is 4.77. The maximum Gasteiger partial charge on any atom is 0.416 e. The minimum absolute atomic E-state index is 0.0171. The number of benzene rings is 2. The molecule has 34 heavy (non-hydrogen) atoms. The minimum Gasteiger partial charge on any atom is -0.508 e. The van der Waals surface area contributed by atoms with Crippen molar-refractivity contribution in [3.8, 4) is 0 Å². The van der Waals surface area contributed by atoms with Crippen molar-refractivity contribution in [1.82, 2.24) is 4.90 Å². The number of amides is 2. The Bertz CT molecular complexity index is 1230. The van der Waals surface area contributed by atoms with Crippen molar-refractivity contribution in [3.05, 3.63) is 65.7 Å². The molecule has 0 radical (unpaired) electrons. The maximum absolute atomic E-state index is 13.4. The lowest BCUT2D eigenvalue weighted by Crippen LogP contribution is -2.34. The zero-order valence-electron chi connectivity index (χ0n) is 18.5. The van der Waals surface area contributed by atoms with Crippen LogP contribution in [0, 0.1) is 11.8 Å². The van der Waals surface area contributed by atoms with Crippen LogP contribution in [0.5, 0.6) is 0 Å². The van der Waals surface area contributed by atoms with Gasteiger partial charge < -0.3 is 15.3 Å². The zero-order chi connectivity index (χ0) is 24.8. The van der Waals surface area contributed by atoms with Gasteiger partial charge >= 0.3 is 12.2 Å². The van der Waals surface area contributed by atoms with Crippen LogP contribution in [-0.4, -0.2) is 43.8 Å². The number of aliphatic hydroxyl groups excluding tert-OH is 1. The second kappa shape index (κ2) is 8.65. The van der Waals surface area contributed by atoms with E-state index >= 15 is 0 Å². The van der Waals surface area contributed by atoms with Gasteiger partial charge in [-0.3, -0.25) is 0 Å². The van der Waals surface area contributed by atoms with Crippen LogP contribution in [0.1, 0.15) is 35.4 Å². The summed E-state index contributed by atoms with van der Waals surface area (Å²) in [5.41, 5.74) is 0.0415. The molecule has 2 fully saturated rings. The number of likely N-dealkylation sites (tertiary alicyclic amines) is 1. The lowest BCUT2D eigenvalue weighted by atomic mass is 9.91. The van der Waals surface area contributed by atoms with Gasteiger partial charge in [0.15, 0.2) is 9.84 Å². The van der Waals surface area contributed by atoms with E-state index in [1.165, 1.54) is 24.3 Å². The number of halogens is 3. The first-order valence-electron chi connectivity index (χ1n) is 10.8. The lowest BCUT2D eigenvalue weighted by molar-refractivity contribution is -0.138. The molecule has 2 amide bonds. The van der Waals surface area contributed by atoms with Gasteiger partial charge in [-0.15, -0.1) is 0 Å². The predicted molar refractivity (Wildman–Crippen MR) is 122 cm³/mol. The van der Waals surface area contributed by atoms with Crippen LogP contribution in [-0.2, 0) is 16.0 Å². The van der Waals surface area contributed by atoms with Crippen LogP contribution < -0.4 is 5.32 Å². The maximum atomic E-state index is 13.4. The van der Waals surface area contributed by atoms with E-state index in [1.807, 2.05) is 0 Å². The van der Waals surface area contributed by atoms with Gasteiger partial charge in [-0.05, 0) is 60.4 Å². The Hall–Kier alpha value is -3.01. The molecule has 6 nitrogen and oxygen atoms in total. The van der Waals surface area contributed by atoms with E-state index in [9.17, 15) is 31.5 Å². The summed E-state index contributed by atoms with van der Waals surface area (Å²) in [6.45, 7) is 4.27. The molecule has 0 aromatic heterocycles. The Labute approximate surface area is 196 Å². The van der Waals surface area contributed by atoms with E-state index in [4.69, 9.17) is 0 Å². The highest BCUT2D eigenvalue weighted by atomic mass is 32.2. The summed E-state index contributed by atoms with van der Waals surface area (Å²) in [6, 6.07) is 9.23. The summed E-state index contributed by atoms with van der Waals surface area (Å²) in [5.74, 6) is -0.398. The molecule has 2 aromatic carbocycles. The first kappa shape index (κ1) is 24.1. The molecule has 4 rings (SSSR count). The molecule has 1 heterocycles. The Kier molecular flexibility index (Phi) is 6.14. The minimum atomic E-state index is -4.40. The Balaban J connectivity index is 1.45. The molecule has 0 spiro atoms. The highest BCUT2D eigenvalue weighted by Gasteiger charge is 2.45. The number of fused-ring (bicyclic) bond motifs is 1. The average molecular weight is 495 g/mol. The number of carbonyl (C=O) groups excluding carboxylic acids is 1. The molecule has 3 atom stereocenters. The molecule has 1 aliphatic heterocycles. The summed E-state index contributed by atoms with van der Waals surface area (Å²) in [5, 5.41) is 12.6. The van der Waals surface area contributed by atoms with Crippen LogP contribution in [0.2, 0.25) is 0 Å². The van der Waals surface area contributed by atoms with Gasteiger partial charge in [0.05, 0.1) is 16.1 Å². The normalized spacial score (nSPS) is 22.5. The summed E-state index contributed by atoms with van der Waals surface area (Å²) in [6.07, 6.45) is -2.22. The molecule has 2 N–H and O–H groups in total. The van der Waals surface area contributed by atoms with Crippen molar-refractivity contribution in [1.29, 1.82) is 0 Å². The molecule has 2 aliphatic rings. The average Bonchev–Trinajstić information content (AvgIpc) is 3.32. The van der Waals surface area contributed by atoms with Crippen LogP contribution in [0.25, 0.3) is 5.76 Å². The molecule has 10 heteroatoms. The first-order chi connectivity index (χ1) is 15.8. The summed E-state index contributed by atoms with van der Waals surface area (Å²) >= 11 is 0. The van der Waals surface area contributed by atoms with E-state index in [-0.39, 0.29) is 39.7 Å². The molecule has 1 saturated heterocycles. The van der Waals surface area contributed by atoms with Crippen molar-refractivity contribution in [2.45, 2.75) is 29.8 Å². The smallest absolute Gasteiger partial charge is 0.416 e. The van der Waals surface area contributed by atoms with Crippen LogP contribution in [0.4, 0.5) is 23.7 Å². The fourth-order valence-electron chi connectivity index (χ4n) is 5.13. The van der Waals surface area contributed by atoms with Gasteiger partial charge in [0.25, 0.3) is 0 Å². The van der Waals surface area contributed by atoms with Crippen molar-refractivity contribution in [3.63, 3.8) is 0 Å². The third-order valence-corrected chi connectivity index (χ3v) is 7.83. The number of anilines is 1. The van der Waals surface area contributed by atoms with E-state index in [1.54, 1.807) is 17.0 Å². The van der Waals surface area contributed by atoms with Crippen LogP contribution >= 0.6 is 0 Å². The number of alkyl halides is 3. The number of nitrogens with one attached hydrogen (secondary N) is 1. The largest absolute Gasteiger partial charge is 0.508 e. The number of aliphatic hydroxyl groups is 1. The fraction of sp³-hybridized carbons (Fsp3) is 0.375. The van der Waals surface area contributed by atoms with Crippen molar-refractivity contribution in [2.24, 2.45) is 11.8 Å². The quantitative estimate of drug-likeness (QED) is 0.565. The van der Waals surface area contributed by atoms with Gasteiger partial charge in [0, 0.05) is 24.9 Å². The second-order valence-corrected chi connectivity index (χ2v) is 11.1. The van der Waals surface area contributed by atoms with Gasteiger partial charge in [-0.1, -0.05) is 24.8 Å². The van der Waals surface area contributed by atoms with Gasteiger partial charge in [-0.2, -0.15) is 13.2 Å². The predicted octanol–water partition coefficient (Wildman–Crippen LogP) is 5.30. The van der Waals surface area contributed by atoms with Crippen molar-refractivity contribution < 1.29 is 31.5 Å². The second-order valence-electron chi connectivity index (χ2n) is 9.03. The SMILES string of the molecule is C=C(O)c1cc(S(C)(=O)=O)ccc1NC(=O)N1C[C@H]2CC(c3ccccc3C(F)(F)F)C[C@H]2C1. The molecule has 2 aromatic rings.